The van der Waals surface area contributed by atoms with Gasteiger partial charge in [-0.15, -0.1) is 0 Å². The van der Waals surface area contributed by atoms with Crippen LogP contribution >= 0.6 is 0 Å². The first-order valence-corrected chi connectivity index (χ1v) is 4.49. The van der Waals surface area contributed by atoms with Gasteiger partial charge >= 0.3 is 5.97 Å². The van der Waals surface area contributed by atoms with E-state index in [-0.39, 0.29) is 16.7 Å². The van der Waals surface area contributed by atoms with Crippen LogP contribution < -0.4 is 5.56 Å². The van der Waals surface area contributed by atoms with E-state index in [0.717, 1.165) is 12.8 Å². The number of hydrogen-bond donors (Lipinski definition) is 1. The molecule has 1 fully saturated rings. The summed E-state index contributed by atoms with van der Waals surface area (Å²) in [5, 5.41) is 8.77. The van der Waals surface area contributed by atoms with Gasteiger partial charge in [0.1, 0.15) is 0 Å². The van der Waals surface area contributed by atoms with Crippen LogP contribution in [0.3, 0.4) is 0 Å². The van der Waals surface area contributed by atoms with Gasteiger partial charge in [-0.3, -0.25) is 4.79 Å². The molecule has 0 bridgehead atoms. The first-order valence-electron chi connectivity index (χ1n) is 4.49. The maximum Gasteiger partial charge on any atom is 0.337 e. The maximum absolute atomic E-state index is 11.5. The fraction of sp³-hybridized carbons (Fsp3) is 0.400. The molecule has 2 rings (SSSR count). The average Bonchev–Trinajstić information content (AvgIpc) is 2.85. The van der Waals surface area contributed by atoms with E-state index in [0.29, 0.717) is 0 Å². The predicted octanol–water partition coefficient (Wildman–Crippen LogP) is 1.06. The Hall–Kier alpha value is -1.58. The molecule has 0 atom stereocenters. The highest BCUT2D eigenvalue weighted by molar-refractivity contribution is 5.87. The van der Waals surface area contributed by atoms with Crippen molar-refractivity contribution in [3.8, 4) is 0 Å². The van der Waals surface area contributed by atoms with Crippen molar-refractivity contribution in [2.45, 2.75) is 25.3 Å². The molecule has 1 heterocycles. The lowest BCUT2D eigenvalue weighted by molar-refractivity contribution is 0.0695. The number of carbonyl (C=O) groups is 1. The predicted molar refractivity (Wildman–Crippen MR) is 50.5 cm³/mol. The molecule has 1 N–H and O–H groups in total. The first-order chi connectivity index (χ1) is 6.53. The molecule has 0 aliphatic heterocycles. The van der Waals surface area contributed by atoms with Crippen LogP contribution in [-0.4, -0.2) is 15.6 Å². The van der Waals surface area contributed by atoms with E-state index in [1.54, 1.807) is 0 Å². The number of aromatic nitrogens is 1. The molecule has 1 saturated carbocycles. The summed E-state index contributed by atoms with van der Waals surface area (Å²) >= 11 is 0. The number of pyridine rings is 1. The van der Waals surface area contributed by atoms with Gasteiger partial charge in [0.2, 0.25) is 0 Å². The molecule has 4 heteroatoms. The number of rotatable bonds is 2. The highest BCUT2D eigenvalue weighted by Crippen LogP contribution is 2.41. The molecular weight excluding hydrogens is 182 g/mol. The van der Waals surface area contributed by atoms with Gasteiger partial charge in [-0.2, -0.15) is 0 Å². The Morgan fingerprint density at radius 2 is 2.14 bits per heavy atom. The van der Waals surface area contributed by atoms with Crippen LogP contribution in [0.25, 0.3) is 0 Å². The third kappa shape index (κ3) is 1.32. The molecule has 0 amide bonds. The third-order valence-electron chi connectivity index (χ3n) is 2.71. The smallest absolute Gasteiger partial charge is 0.337 e. The van der Waals surface area contributed by atoms with Gasteiger partial charge in [-0.05, 0) is 25.8 Å². The van der Waals surface area contributed by atoms with E-state index in [1.165, 1.54) is 22.9 Å². The summed E-state index contributed by atoms with van der Waals surface area (Å²) in [5.74, 6) is -0.997. The van der Waals surface area contributed by atoms with Gasteiger partial charge in [0.25, 0.3) is 5.56 Å². The van der Waals surface area contributed by atoms with E-state index < -0.39 is 5.97 Å². The Bertz CT molecular complexity index is 443. The summed E-state index contributed by atoms with van der Waals surface area (Å²) in [6.45, 7) is 1.96. The molecule has 1 aromatic rings. The average molecular weight is 193 g/mol. The van der Waals surface area contributed by atoms with E-state index in [4.69, 9.17) is 5.11 Å². The van der Waals surface area contributed by atoms with Crippen LogP contribution in [0.4, 0.5) is 0 Å². The Morgan fingerprint density at radius 1 is 1.50 bits per heavy atom. The molecule has 74 valence electrons. The summed E-state index contributed by atoms with van der Waals surface area (Å²) in [6.07, 6.45) is 3.31. The highest BCUT2D eigenvalue weighted by atomic mass is 16.4. The minimum Gasteiger partial charge on any atom is -0.478 e. The van der Waals surface area contributed by atoms with E-state index >= 15 is 0 Å². The molecule has 4 nitrogen and oxygen atoms in total. The van der Waals surface area contributed by atoms with Gasteiger partial charge in [-0.1, -0.05) is 0 Å². The van der Waals surface area contributed by atoms with Crippen molar-refractivity contribution in [3.05, 3.63) is 34.2 Å². The topological polar surface area (TPSA) is 59.3 Å². The Balaban J connectivity index is 2.53. The van der Waals surface area contributed by atoms with Crippen LogP contribution in [0.1, 0.15) is 30.1 Å². The summed E-state index contributed by atoms with van der Waals surface area (Å²) < 4.78 is 1.52. The Morgan fingerprint density at radius 3 is 2.64 bits per heavy atom. The fourth-order valence-corrected chi connectivity index (χ4v) is 1.46. The van der Waals surface area contributed by atoms with Crippen LogP contribution in [0, 0.1) is 0 Å². The zero-order valence-electron chi connectivity index (χ0n) is 7.86. The summed E-state index contributed by atoms with van der Waals surface area (Å²) in [6, 6.07) is 2.65. The molecule has 1 aromatic heterocycles. The summed E-state index contributed by atoms with van der Waals surface area (Å²) in [7, 11) is 0. The molecule has 0 unspecified atom stereocenters. The second-order valence-electron chi connectivity index (χ2n) is 3.93. The number of carboxylic acid groups (broad SMARTS) is 1. The Kier molecular flexibility index (Phi) is 1.74. The number of aromatic carboxylic acids is 1. The molecule has 0 spiro atoms. The molecule has 14 heavy (non-hydrogen) atoms. The standard InChI is InChI=1S/C10H11NO3/c1-10(4-5-10)11-6-7(9(13)14)2-3-8(11)12/h2-3,6H,4-5H2,1H3,(H,13,14). The minimum absolute atomic E-state index is 0.130. The second-order valence-corrected chi connectivity index (χ2v) is 3.93. The lowest BCUT2D eigenvalue weighted by Crippen LogP contribution is -2.27. The lowest BCUT2D eigenvalue weighted by atomic mass is 10.2. The van der Waals surface area contributed by atoms with Crippen LogP contribution in [-0.2, 0) is 5.54 Å². The first kappa shape index (κ1) is 8.99. The maximum atomic E-state index is 11.5. The SMILES string of the molecule is CC1(n2cc(C(=O)O)ccc2=O)CC1. The molecular formula is C10H11NO3. The van der Waals surface area contributed by atoms with Gasteiger partial charge < -0.3 is 9.67 Å². The van der Waals surface area contributed by atoms with Crippen molar-refractivity contribution in [1.82, 2.24) is 4.57 Å². The van der Waals surface area contributed by atoms with Crippen molar-refractivity contribution in [1.29, 1.82) is 0 Å². The minimum atomic E-state index is -0.997. The zero-order chi connectivity index (χ0) is 10.3. The van der Waals surface area contributed by atoms with E-state index in [9.17, 15) is 9.59 Å². The monoisotopic (exact) mass is 193 g/mol. The fourth-order valence-electron chi connectivity index (χ4n) is 1.46. The van der Waals surface area contributed by atoms with Crippen molar-refractivity contribution in [2.75, 3.05) is 0 Å². The number of carboxylic acids is 1. The Labute approximate surface area is 80.8 Å². The van der Waals surface area contributed by atoms with E-state index in [2.05, 4.69) is 0 Å². The zero-order valence-corrected chi connectivity index (χ0v) is 7.86. The van der Waals surface area contributed by atoms with Gasteiger partial charge in [0.15, 0.2) is 0 Å². The number of hydrogen-bond acceptors (Lipinski definition) is 2. The molecule has 0 aromatic carbocycles. The van der Waals surface area contributed by atoms with Crippen molar-refractivity contribution in [3.63, 3.8) is 0 Å². The normalized spacial score (nSPS) is 17.8. The number of nitrogens with zero attached hydrogens (tertiary/aromatic N) is 1. The molecule has 0 saturated heterocycles. The van der Waals surface area contributed by atoms with Crippen molar-refractivity contribution >= 4 is 5.97 Å². The largest absolute Gasteiger partial charge is 0.478 e. The van der Waals surface area contributed by atoms with Gasteiger partial charge in [-0.25, -0.2) is 4.79 Å². The van der Waals surface area contributed by atoms with Gasteiger partial charge in [0, 0.05) is 17.8 Å². The summed E-state index contributed by atoms with van der Waals surface area (Å²) in [4.78, 5) is 22.1. The van der Waals surface area contributed by atoms with Crippen LogP contribution in [0.15, 0.2) is 23.1 Å². The molecule has 0 radical (unpaired) electrons. The third-order valence-corrected chi connectivity index (χ3v) is 2.71. The van der Waals surface area contributed by atoms with Gasteiger partial charge in [0.05, 0.1) is 5.56 Å². The van der Waals surface area contributed by atoms with E-state index in [1.807, 2.05) is 6.92 Å². The lowest BCUT2D eigenvalue weighted by Gasteiger charge is -2.12. The van der Waals surface area contributed by atoms with Crippen molar-refractivity contribution < 1.29 is 9.90 Å². The highest BCUT2D eigenvalue weighted by Gasteiger charge is 2.40. The van der Waals surface area contributed by atoms with Crippen LogP contribution in [0.2, 0.25) is 0 Å². The quantitative estimate of drug-likeness (QED) is 0.763. The summed E-state index contributed by atoms with van der Waals surface area (Å²) in [5.41, 5.74) is -0.115. The van der Waals surface area contributed by atoms with Crippen molar-refractivity contribution in [2.24, 2.45) is 0 Å². The molecule has 1 aliphatic rings. The molecule has 1 aliphatic carbocycles. The van der Waals surface area contributed by atoms with Crippen LogP contribution in [0.5, 0.6) is 0 Å². The second kappa shape index (κ2) is 2.70.